The Labute approximate surface area is 194 Å². The number of hydrogen-bond donors (Lipinski definition) is 0. The third kappa shape index (κ3) is 4.34. The van der Waals surface area contributed by atoms with Gasteiger partial charge in [-0.15, -0.1) is 0 Å². The summed E-state index contributed by atoms with van der Waals surface area (Å²) in [5.74, 6) is 1.19. The molecule has 6 nitrogen and oxygen atoms in total. The molecule has 33 heavy (non-hydrogen) atoms. The van der Waals surface area contributed by atoms with E-state index in [0.717, 1.165) is 31.2 Å². The number of rotatable bonds is 10. The molecule has 0 saturated heterocycles. The number of carbonyl (C=O) groups excluding carboxylic acids is 1. The monoisotopic (exact) mass is 449 g/mol. The van der Waals surface area contributed by atoms with Crippen molar-refractivity contribution in [2.45, 2.75) is 52.5 Å². The maximum absolute atomic E-state index is 13.5. The second-order valence-electron chi connectivity index (χ2n) is 8.27. The molecule has 1 aliphatic heterocycles. The van der Waals surface area contributed by atoms with Crippen LogP contribution in [0.2, 0.25) is 0 Å². The molecule has 1 amide bonds. The highest BCUT2D eigenvalue weighted by Crippen LogP contribution is 2.41. The molecule has 0 saturated carbocycles. The van der Waals surface area contributed by atoms with Crippen molar-refractivity contribution >= 4 is 16.9 Å². The Morgan fingerprint density at radius 2 is 1.73 bits per heavy atom. The van der Waals surface area contributed by atoms with Crippen molar-refractivity contribution < 1.29 is 18.7 Å². The number of amides is 1. The molecule has 0 fully saturated rings. The number of ether oxygens (including phenoxy) is 2. The molecule has 4 rings (SSSR count). The zero-order chi connectivity index (χ0) is 23.4. The summed E-state index contributed by atoms with van der Waals surface area (Å²) in [5, 5.41) is 0.482. The lowest BCUT2D eigenvalue weighted by molar-refractivity contribution is 0.0725. The molecule has 1 unspecified atom stereocenters. The fourth-order valence-corrected chi connectivity index (χ4v) is 4.28. The first-order valence-electron chi connectivity index (χ1n) is 11.9. The van der Waals surface area contributed by atoms with E-state index < -0.39 is 6.04 Å². The number of benzene rings is 2. The van der Waals surface area contributed by atoms with E-state index in [4.69, 9.17) is 13.9 Å². The maximum Gasteiger partial charge on any atom is 0.290 e. The molecule has 0 aliphatic carbocycles. The van der Waals surface area contributed by atoms with Gasteiger partial charge in [-0.3, -0.25) is 9.59 Å². The second kappa shape index (κ2) is 10.1. The fourth-order valence-electron chi connectivity index (χ4n) is 4.28. The summed E-state index contributed by atoms with van der Waals surface area (Å²) in [4.78, 5) is 28.6. The summed E-state index contributed by atoms with van der Waals surface area (Å²) >= 11 is 0. The highest BCUT2D eigenvalue weighted by molar-refractivity contribution is 5.99. The van der Waals surface area contributed by atoms with Gasteiger partial charge in [-0.25, -0.2) is 0 Å². The van der Waals surface area contributed by atoms with Crippen LogP contribution in [0.3, 0.4) is 0 Å². The van der Waals surface area contributed by atoms with E-state index in [1.165, 1.54) is 0 Å². The van der Waals surface area contributed by atoms with Crippen LogP contribution in [0.1, 0.15) is 74.2 Å². The fraction of sp³-hybridized carbons (Fsp3) is 0.407. The van der Waals surface area contributed by atoms with Gasteiger partial charge in [0, 0.05) is 6.54 Å². The number of hydrogen-bond acceptors (Lipinski definition) is 5. The molecule has 1 atom stereocenters. The van der Waals surface area contributed by atoms with Gasteiger partial charge in [-0.05, 0) is 49.6 Å². The number of carbonyl (C=O) groups is 1. The van der Waals surface area contributed by atoms with Crippen LogP contribution in [0.25, 0.3) is 11.0 Å². The molecule has 174 valence electrons. The van der Waals surface area contributed by atoms with Crippen LogP contribution in [0, 0.1) is 0 Å². The second-order valence-corrected chi connectivity index (χ2v) is 8.27. The minimum Gasteiger partial charge on any atom is -0.490 e. The van der Waals surface area contributed by atoms with Crippen LogP contribution < -0.4 is 14.9 Å². The topological polar surface area (TPSA) is 69.0 Å². The minimum atomic E-state index is -0.524. The summed E-state index contributed by atoms with van der Waals surface area (Å²) in [6.45, 7) is 7.75. The highest BCUT2D eigenvalue weighted by Gasteiger charge is 2.42. The smallest absolute Gasteiger partial charge is 0.290 e. The third-order valence-corrected chi connectivity index (χ3v) is 5.96. The quantitative estimate of drug-likeness (QED) is 0.371. The molecule has 0 N–H and O–H groups in total. The van der Waals surface area contributed by atoms with Crippen molar-refractivity contribution in [2.24, 2.45) is 0 Å². The van der Waals surface area contributed by atoms with E-state index in [2.05, 4.69) is 13.8 Å². The summed E-state index contributed by atoms with van der Waals surface area (Å²) in [6.07, 6.45) is 3.76. The lowest BCUT2D eigenvalue weighted by atomic mass is 9.98. The Balaban J connectivity index is 1.84. The lowest BCUT2D eigenvalue weighted by Gasteiger charge is -2.25. The first kappa shape index (κ1) is 22.9. The van der Waals surface area contributed by atoms with Gasteiger partial charge in [0.05, 0.1) is 30.2 Å². The van der Waals surface area contributed by atoms with E-state index in [1.807, 2.05) is 31.2 Å². The zero-order valence-electron chi connectivity index (χ0n) is 19.6. The molecule has 2 heterocycles. The molecule has 6 heteroatoms. The van der Waals surface area contributed by atoms with Crippen LogP contribution in [-0.2, 0) is 0 Å². The van der Waals surface area contributed by atoms with Crippen LogP contribution in [0.5, 0.6) is 11.5 Å². The normalized spacial score (nSPS) is 15.2. The Kier molecular flexibility index (Phi) is 7.02. The predicted octanol–water partition coefficient (Wildman–Crippen LogP) is 5.72. The van der Waals surface area contributed by atoms with Crippen molar-refractivity contribution in [3.8, 4) is 11.5 Å². The van der Waals surface area contributed by atoms with Gasteiger partial charge in [-0.1, -0.05) is 44.9 Å². The first-order valence-corrected chi connectivity index (χ1v) is 11.9. The SMILES string of the molecule is CCCCOc1ccc(C2c3c(oc4ccccc4c3=O)C(=O)N2CCCC)cc1OCC. The third-order valence-electron chi connectivity index (χ3n) is 5.96. The van der Waals surface area contributed by atoms with Gasteiger partial charge >= 0.3 is 0 Å². The van der Waals surface area contributed by atoms with Gasteiger partial charge in [-0.2, -0.15) is 0 Å². The Hall–Kier alpha value is -3.28. The minimum absolute atomic E-state index is 0.140. The Bertz CT molecular complexity index is 1200. The van der Waals surface area contributed by atoms with Crippen LogP contribution >= 0.6 is 0 Å². The van der Waals surface area contributed by atoms with Crippen molar-refractivity contribution in [3.05, 3.63) is 69.6 Å². The van der Waals surface area contributed by atoms with Crippen LogP contribution in [0.15, 0.2) is 51.7 Å². The molecule has 0 radical (unpaired) electrons. The van der Waals surface area contributed by atoms with E-state index >= 15 is 0 Å². The van der Waals surface area contributed by atoms with Crippen molar-refractivity contribution in [2.75, 3.05) is 19.8 Å². The van der Waals surface area contributed by atoms with E-state index in [0.29, 0.717) is 47.8 Å². The summed E-state index contributed by atoms with van der Waals surface area (Å²) in [6, 6.07) is 12.2. The first-order chi connectivity index (χ1) is 16.1. The van der Waals surface area contributed by atoms with Gasteiger partial charge in [0.15, 0.2) is 16.9 Å². The van der Waals surface area contributed by atoms with Crippen molar-refractivity contribution in [1.82, 2.24) is 4.90 Å². The Morgan fingerprint density at radius 1 is 0.939 bits per heavy atom. The van der Waals surface area contributed by atoms with Crippen molar-refractivity contribution in [1.29, 1.82) is 0 Å². The standard InChI is InChI=1S/C27H31NO5/c1-4-7-15-28-24(18-13-14-21(32-16-8-5-2)22(17-18)31-6-3)23-25(29)19-11-9-10-12-20(19)33-26(23)27(28)30/h9-14,17,24H,4-8,15-16H2,1-3H3. The predicted molar refractivity (Wildman–Crippen MR) is 128 cm³/mol. The molecular weight excluding hydrogens is 418 g/mol. The van der Waals surface area contributed by atoms with Crippen LogP contribution in [-0.4, -0.2) is 30.6 Å². The molecule has 1 aliphatic rings. The lowest BCUT2D eigenvalue weighted by Crippen LogP contribution is -2.30. The van der Waals surface area contributed by atoms with E-state index in [1.54, 1.807) is 23.1 Å². The van der Waals surface area contributed by atoms with Gasteiger partial charge in [0.25, 0.3) is 5.91 Å². The number of para-hydroxylation sites is 1. The summed E-state index contributed by atoms with van der Waals surface area (Å²) in [5.41, 5.74) is 1.48. The van der Waals surface area contributed by atoms with E-state index in [9.17, 15) is 9.59 Å². The maximum atomic E-state index is 13.5. The van der Waals surface area contributed by atoms with E-state index in [-0.39, 0.29) is 17.1 Å². The summed E-state index contributed by atoms with van der Waals surface area (Å²) in [7, 11) is 0. The Morgan fingerprint density at radius 3 is 2.48 bits per heavy atom. The molecular formula is C27H31NO5. The molecule has 2 aromatic carbocycles. The van der Waals surface area contributed by atoms with Gasteiger partial charge in [0.1, 0.15) is 5.58 Å². The highest BCUT2D eigenvalue weighted by atomic mass is 16.5. The molecule has 0 bridgehead atoms. The summed E-state index contributed by atoms with van der Waals surface area (Å²) < 4.78 is 17.8. The largest absolute Gasteiger partial charge is 0.490 e. The average Bonchev–Trinajstić information content (AvgIpc) is 3.11. The molecule has 0 spiro atoms. The van der Waals surface area contributed by atoms with Crippen molar-refractivity contribution in [3.63, 3.8) is 0 Å². The van der Waals surface area contributed by atoms with Gasteiger partial charge < -0.3 is 18.8 Å². The van der Waals surface area contributed by atoms with Gasteiger partial charge in [0.2, 0.25) is 5.76 Å². The molecule has 1 aromatic heterocycles. The number of fused-ring (bicyclic) bond motifs is 2. The van der Waals surface area contributed by atoms with Crippen LogP contribution in [0.4, 0.5) is 0 Å². The molecule has 3 aromatic rings. The number of unbranched alkanes of at least 4 members (excludes halogenated alkanes) is 2. The zero-order valence-corrected chi connectivity index (χ0v) is 19.6. The average molecular weight is 450 g/mol. The number of nitrogens with zero attached hydrogens (tertiary/aromatic N) is 1.